The molecular weight excluding hydrogens is 272 g/mol. The second kappa shape index (κ2) is 6.79. The molecule has 1 aromatic rings. The fraction of sp³-hybridized carbons (Fsp3) is 0.467. The van der Waals surface area contributed by atoms with E-state index < -0.39 is 0 Å². The minimum absolute atomic E-state index is 0.0491. The lowest BCUT2D eigenvalue weighted by Crippen LogP contribution is -2.27. The van der Waals surface area contributed by atoms with Crippen molar-refractivity contribution in [3.8, 4) is 0 Å². The number of anilines is 1. The van der Waals surface area contributed by atoms with Gasteiger partial charge in [-0.05, 0) is 23.6 Å². The third kappa shape index (κ3) is 4.00. The van der Waals surface area contributed by atoms with Gasteiger partial charge in [0.1, 0.15) is 0 Å². The van der Waals surface area contributed by atoms with Crippen molar-refractivity contribution in [2.75, 3.05) is 24.2 Å². The molecule has 108 valence electrons. The highest BCUT2D eigenvalue weighted by Gasteiger charge is 2.21. The average Bonchev–Trinajstić information content (AvgIpc) is 2.82. The molecule has 4 nitrogen and oxygen atoms in total. The van der Waals surface area contributed by atoms with Crippen LogP contribution in [0.2, 0.25) is 0 Å². The normalized spacial score (nSPS) is 14.9. The van der Waals surface area contributed by atoms with E-state index in [2.05, 4.69) is 19.2 Å². The number of hydrogen-bond donors (Lipinski definition) is 1. The molecule has 0 atom stereocenters. The molecule has 1 N–H and O–H groups in total. The van der Waals surface area contributed by atoms with E-state index in [0.717, 1.165) is 18.0 Å². The molecule has 0 spiro atoms. The summed E-state index contributed by atoms with van der Waals surface area (Å²) < 4.78 is 0. The summed E-state index contributed by atoms with van der Waals surface area (Å²) in [5.41, 5.74) is 2.06. The summed E-state index contributed by atoms with van der Waals surface area (Å²) in [5.74, 6) is 1.27. The van der Waals surface area contributed by atoms with Gasteiger partial charge in [-0.3, -0.25) is 9.59 Å². The molecular formula is C15H20N2O2S. The Labute approximate surface area is 123 Å². The first-order chi connectivity index (χ1) is 9.56. The highest BCUT2D eigenvalue weighted by atomic mass is 32.2. The van der Waals surface area contributed by atoms with Crippen LogP contribution in [0.1, 0.15) is 31.7 Å². The first-order valence-electron chi connectivity index (χ1n) is 6.88. The summed E-state index contributed by atoms with van der Waals surface area (Å²) in [5, 5.41) is 2.95. The van der Waals surface area contributed by atoms with Crippen molar-refractivity contribution in [1.29, 1.82) is 0 Å². The minimum atomic E-state index is -0.0491. The van der Waals surface area contributed by atoms with Crippen molar-refractivity contribution in [1.82, 2.24) is 4.90 Å². The van der Waals surface area contributed by atoms with Gasteiger partial charge in [-0.1, -0.05) is 37.7 Å². The lowest BCUT2D eigenvalue weighted by atomic mass is 10.0. The molecule has 0 bridgehead atoms. The zero-order valence-electron chi connectivity index (χ0n) is 11.9. The highest BCUT2D eigenvalue weighted by Crippen LogP contribution is 2.18. The molecule has 2 amide bonds. The number of nitrogens with one attached hydrogen (secondary N) is 1. The molecule has 0 aromatic heterocycles. The number of benzene rings is 1. The minimum Gasteiger partial charge on any atom is -0.332 e. The van der Waals surface area contributed by atoms with Gasteiger partial charge in [0, 0.05) is 31.0 Å². The largest absolute Gasteiger partial charge is 0.332 e. The van der Waals surface area contributed by atoms with E-state index in [0.29, 0.717) is 18.9 Å². The maximum Gasteiger partial charge on any atom is 0.281 e. The van der Waals surface area contributed by atoms with Gasteiger partial charge < -0.3 is 10.2 Å². The molecule has 1 saturated heterocycles. The average molecular weight is 292 g/mol. The van der Waals surface area contributed by atoms with E-state index in [4.69, 9.17) is 0 Å². The van der Waals surface area contributed by atoms with Crippen LogP contribution < -0.4 is 5.32 Å². The molecule has 5 heteroatoms. The van der Waals surface area contributed by atoms with E-state index in [-0.39, 0.29) is 11.1 Å². The van der Waals surface area contributed by atoms with Gasteiger partial charge in [0.05, 0.1) is 0 Å². The van der Waals surface area contributed by atoms with Crippen LogP contribution in [0.15, 0.2) is 24.3 Å². The molecule has 1 aliphatic heterocycles. The number of amides is 2. The molecule has 0 saturated carbocycles. The molecule has 0 unspecified atom stereocenters. The first kappa shape index (κ1) is 14.9. The third-order valence-electron chi connectivity index (χ3n) is 3.31. The zero-order valence-corrected chi connectivity index (χ0v) is 12.7. The van der Waals surface area contributed by atoms with Crippen LogP contribution in [0.5, 0.6) is 0 Å². The van der Waals surface area contributed by atoms with E-state index >= 15 is 0 Å². The zero-order chi connectivity index (χ0) is 14.5. The Morgan fingerprint density at radius 2 is 2.05 bits per heavy atom. The number of carbonyl (C=O) groups is 2. The number of thioether (sulfide) groups is 1. The van der Waals surface area contributed by atoms with Crippen LogP contribution in [-0.4, -0.2) is 34.9 Å². The Morgan fingerprint density at radius 1 is 1.35 bits per heavy atom. The molecule has 1 aromatic carbocycles. The fourth-order valence-electron chi connectivity index (χ4n) is 2.04. The maximum atomic E-state index is 11.8. The van der Waals surface area contributed by atoms with E-state index in [9.17, 15) is 9.59 Å². The lowest BCUT2D eigenvalue weighted by molar-refractivity contribution is -0.116. The van der Waals surface area contributed by atoms with Gasteiger partial charge in [0.15, 0.2) is 0 Å². The Kier molecular flexibility index (Phi) is 5.06. The summed E-state index contributed by atoms with van der Waals surface area (Å²) >= 11 is 1.32. The van der Waals surface area contributed by atoms with Gasteiger partial charge in [-0.2, -0.15) is 0 Å². The highest BCUT2D eigenvalue weighted by molar-refractivity contribution is 8.13. The molecule has 1 fully saturated rings. The smallest absolute Gasteiger partial charge is 0.281 e. The Morgan fingerprint density at radius 3 is 2.60 bits per heavy atom. The van der Waals surface area contributed by atoms with Gasteiger partial charge in [-0.25, -0.2) is 0 Å². The second-order valence-electron chi connectivity index (χ2n) is 5.18. The second-order valence-corrected chi connectivity index (χ2v) is 6.22. The summed E-state index contributed by atoms with van der Waals surface area (Å²) in [6.07, 6.45) is 0.345. The fourth-order valence-corrected chi connectivity index (χ4v) is 2.89. The molecule has 1 heterocycles. The van der Waals surface area contributed by atoms with Gasteiger partial charge >= 0.3 is 0 Å². The summed E-state index contributed by atoms with van der Waals surface area (Å²) in [6.45, 7) is 5.53. The summed E-state index contributed by atoms with van der Waals surface area (Å²) in [4.78, 5) is 25.0. The standard InChI is InChI=1S/C15H20N2O2S/c1-11(2)12-3-5-13(6-4-12)16-14(18)7-8-17-9-10-20-15(17)19/h3-6,11H,7-10H2,1-2H3,(H,16,18). The topological polar surface area (TPSA) is 49.4 Å². The van der Waals surface area contributed by atoms with Crippen LogP contribution in [0.25, 0.3) is 0 Å². The predicted molar refractivity (Wildman–Crippen MR) is 83.2 cm³/mol. The van der Waals surface area contributed by atoms with Crippen molar-refractivity contribution >= 4 is 28.6 Å². The van der Waals surface area contributed by atoms with E-state index in [1.165, 1.54) is 17.3 Å². The SMILES string of the molecule is CC(C)c1ccc(NC(=O)CCN2CCSC2=O)cc1. The third-order valence-corrected chi connectivity index (χ3v) is 4.21. The van der Waals surface area contributed by atoms with E-state index in [1.54, 1.807) is 4.90 Å². The van der Waals surface area contributed by atoms with Crippen LogP contribution in [0.4, 0.5) is 10.5 Å². The van der Waals surface area contributed by atoms with Crippen molar-refractivity contribution in [2.24, 2.45) is 0 Å². The van der Waals surface area contributed by atoms with Crippen molar-refractivity contribution in [3.63, 3.8) is 0 Å². The first-order valence-corrected chi connectivity index (χ1v) is 7.86. The van der Waals surface area contributed by atoms with Crippen molar-refractivity contribution in [2.45, 2.75) is 26.2 Å². The van der Waals surface area contributed by atoms with Gasteiger partial charge in [-0.15, -0.1) is 0 Å². The molecule has 1 aliphatic rings. The van der Waals surface area contributed by atoms with Crippen LogP contribution in [0.3, 0.4) is 0 Å². The monoisotopic (exact) mass is 292 g/mol. The van der Waals surface area contributed by atoms with Crippen LogP contribution >= 0.6 is 11.8 Å². The lowest BCUT2D eigenvalue weighted by Gasteiger charge is -2.14. The Hall–Kier alpha value is -1.49. The number of carbonyl (C=O) groups excluding carboxylic acids is 2. The van der Waals surface area contributed by atoms with Gasteiger partial charge in [0.2, 0.25) is 5.91 Å². The number of rotatable bonds is 5. The van der Waals surface area contributed by atoms with Crippen molar-refractivity contribution < 1.29 is 9.59 Å². The molecule has 0 radical (unpaired) electrons. The van der Waals surface area contributed by atoms with Crippen LogP contribution in [0, 0.1) is 0 Å². The summed E-state index contributed by atoms with van der Waals surface area (Å²) in [7, 11) is 0. The Bertz CT molecular complexity index is 485. The van der Waals surface area contributed by atoms with E-state index in [1.807, 2.05) is 24.3 Å². The maximum absolute atomic E-state index is 11.8. The van der Waals surface area contributed by atoms with Crippen molar-refractivity contribution in [3.05, 3.63) is 29.8 Å². The number of hydrogen-bond acceptors (Lipinski definition) is 3. The van der Waals surface area contributed by atoms with Gasteiger partial charge in [0.25, 0.3) is 5.24 Å². The Balaban J connectivity index is 1.80. The number of nitrogens with zero attached hydrogens (tertiary/aromatic N) is 1. The quantitative estimate of drug-likeness (QED) is 0.906. The van der Waals surface area contributed by atoms with Crippen LogP contribution in [-0.2, 0) is 4.79 Å². The predicted octanol–water partition coefficient (Wildman–Crippen LogP) is 3.31. The molecule has 20 heavy (non-hydrogen) atoms. The molecule has 2 rings (SSSR count). The molecule has 0 aliphatic carbocycles. The summed E-state index contributed by atoms with van der Waals surface area (Å²) in [6, 6.07) is 7.90.